The molecule has 0 aliphatic rings. The first-order valence-corrected chi connectivity index (χ1v) is 10.0. The molecule has 1 aromatic carbocycles. The van der Waals surface area contributed by atoms with Gasteiger partial charge >= 0.3 is 17.9 Å². The lowest BCUT2D eigenvalue weighted by molar-refractivity contribution is -0.178. The quantitative estimate of drug-likeness (QED) is 0.158. The Kier molecular flexibility index (Phi) is 9.35. The topological polar surface area (TPSA) is 88.1 Å². The van der Waals surface area contributed by atoms with Gasteiger partial charge in [0, 0.05) is 6.42 Å². The summed E-state index contributed by atoms with van der Waals surface area (Å²) in [7, 11) is 1.30. The molecule has 0 amide bonds. The van der Waals surface area contributed by atoms with Crippen LogP contribution in [0.5, 0.6) is 0 Å². The van der Waals surface area contributed by atoms with Gasteiger partial charge in [0.1, 0.15) is 3.61 Å². The summed E-state index contributed by atoms with van der Waals surface area (Å²) in [6.07, 6.45) is 0.0127. The predicted octanol–water partition coefficient (Wildman–Crippen LogP) is 3.32. The Hall–Kier alpha value is -1.68. The maximum atomic E-state index is 12.8. The van der Waals surface area contributed by atoms with Crippen LogP contribution < -0.4 is 0 Å². The van der Waals surface area contributed by atoms with Crippen molar-refractivity contribution >= 4 is 40.5 Å². The molecule has 1 rings (SSSR count). The number of halogens is 1. The van der Waals surface area contributed by atoms with E-state index in [-0.39, 0.29) is 26.2 Å². The van der Waals surface area contributed by atoms with Crippen molar-refractivity contribution in [3.05, 3.63) is 35.4 Å². The van der Waals surface area contributed by atoms with Crippen LogP contribution >= 0.6 is 22.6 Å². The smallest absolute Gasteiger partial charge is 0.337 e. The second-order valence-corrected chi connectivity index (χ2v) is 9.14. The van der Waals surface area contributed by atoms with E-state index < -0.39 is 26.9 Å². The summed E-state index contributed by atoms with van der Waals surface area (Å²) in [5.41, 5.74) is -0.626. The van der Waals surface area contributed by atoms with Gasteiger partial charge in [-0.2, -0.15) is 0 Å². The molecule has 0 unspecified atom stereocenters. The van der Waals surface area contributed by atoms with E-state index in [1.165, 1.54) is 7.11 Å². The lowest BCUT2D eigenvalue weighted by atomic mass is 9.81. The van der Waals surface area contributed by atoms with Gasteiger partial charge in [0.15, 0.2) is 5.41 Å². The number of hydrogen-bond acceptors (Lipinski definition) is 7. The van der Waals surface area contributed by atoms with Crippen LogP contribution in [-0.4, -0.2) is 48.4 Å². The third kappa shape index (κ3) is 6.73. The molecule has 1 aromatic rings. The SMILES string of the molecule is CCOC(=O)C(COC(C)(C)I)(Cc1ccc(C(=O)OC)cc1)C(=O)OCC. The van der Waals surface area contributed by atoms with Crippen LogP contribution in [0.25, 0.3) is 0 Å². The number of methoxy groups -OCH3 is 1. The Morgan fingerprint density at radius 2 is 1.46 bits per heavy atom. The predicted molar refractivity (Wildman–Crippen MR) is 111 cm³/mol. The van der Waals surface area contributed by atoms with E-state index in [4.69, 9.17) is 14.2 Å². The van der Waals surface area contributed by atoms with Crippen LogP contribution in [0.3, 0.4) is 0 Å². The fourth-order valence-corrected chi connectivity index (χ4v) is 2.61. The van der Waals surface area contributed by atoms with E-state index in [2.05, 4.69) is 27.3 Å². The number of alkyl halides is 1. The van der Waals surface area contributed by atoms with Crippen molar-refractivity contribution < 1.29 is 33.3 Å². The van der Waals surface area contributed by atoms with Crippen molar-refractivity contribution in [1.82, 2.24) is 0 Å². The largest absolute Gasteiger partial charge is 0.465 e. The average Bonchev–Trinajstić information content (AvgIpc) is 2.64. The highest BCUT2D eigenvalue weighted by molar-refractivity contribution is 14.1. The zero-order valence-electron chi connectivity index (χ0n) is 16.9. The number of esters is 3. The Balaban J connectivity index is 3.30. The fraction of sp³-hybridized carbons (Fsp3) is 0.550. The van der Waals surface area contributed by atoms with E-state index in [0.717, 1.165) is 0 Å². The van der Waals surface area contributed by atoms with Crippen LogP contribution in [0.15, 0.2) is 24.3 Å². The molecule has 0 radical (unpaired) electrons. The van der Waals surface area contributed by atoms with Crippen LogP contribution in [0, 0.1) is 5.41 Å². The summed E-state index contributed by atoms with van der Waals surface area (Å²) in [5.74, 6) is -1.87. The number of benzene rings is 1. The van der Waals surface area contributed by atoms with Crippen LogP contribution in [0.4, 0.5) is 0 Å². The first-order valence-electron chi connectivity index (χ1n) is 8.94. The molecule has 0 aliphatic heterocycles. The van der Waals surface area contributed by atoms with Gasteiger partial charge in [-0.25, -0.2) is 4.79 Å². The van der Waals surface area contributed by atoms with Crippen molar-refractivity contribution in [2.75, 3.05) is 26.9 Å². The van der Waals surface area contributed by atoms with Gasteiger partial charge in [0.25, 0.3) is 0 Å². The lowest BCUT2D eigenvalue weighted by Gasteiger charge is -2.31. The molecule has 0 heterocycles. The molecule has 156 valence electrons. The van der Waals surface area contributed by atoms with Crippen molar-refractivity contribution in [2.45, 2.75) is 37.7 Å². The van der Waals surface area contributed by atoms with Crippen molar-refractivity contribution in [2.24, 2.45) is 5.41 Å². The molecular formula is C20H27IO7. The molecule has 0 aliphatic carbocycles. The van der Waals surface area contributed by atoms with E-state index in [9.17, 15) is 14.4 Å². The van der Waals surface area contributed by atoms with Gasteiger partial charge in [-0.05, 0) is 68.0 Å². The van der Waals surface area contributed by atoms with Crippen LogP contribution in [0.2, 0.25) is 0 Å². The van der Waals surface area contributed by atoms with Crippen molar-refractivity contribution in [3.63, 3.8) is 0 Å². The van der Waals surface area contributed by atoms with Gasteiger partial charge in [0.05, 0.1) is 32.5 Å². The molecule has 0 fully saturated rings. The molecule has 0 saturated carbocycles. The molecule has 0 aromatic heterocycles. The van der Waals surface area contributed by atoms with Gasteiger partial charge in [-0.15, -0.1) is 0 Å². The Labute approximate surface area is 179 Å². The number of hydrogen-bond donors (Lipinski definition) is 0. The second kappa shape index (κ2) is 10.8. The summed E-state index contributed by atoms with van der Waals surface area (Å²) in [4.78, 5) is 37.3. The third-order valence-electron chi connectivity index (χ3n) is 3.88. The number of ether oxygens (including phenoxy) is 4. The molecular weight excluding hydrogens is 479 g/mol. The Morgan fingerprint density at radius 3 is 1.86 bits per heavy atom. The summed E-state index contributed by atoms with van der Waals surface area (Å²) in [6, 6.07) is 6.47. The lowest BCUT2D eigenvalue weighted by Crippen LogP contribution is -2.48. The summed E-state index contributed by atoms with van der Waals surface area (Å²) >= 11 is 2.08. The molecule has 28 heavy (non-hydrogen) atoms. The number of carbonyl (C=O) groups is 3. The maximum absolute atomic E-state index is 12.8. The third-order valence-corrected chi connectivity index (χ3v) is 4.19. The summed E-state index contributed by atoms with van der Waals surface area (Å²) in [5, 5.41) is 0. The average molecular weight is 506 g/mol. The first kappa shape index (κ1) is 24.4. The molecule has 0 saturated heterocycles. The standard InChI is InChI=1S/C20H27IO7/c1-6-26-17(23)20(18(24)27-7-2,13-28-19(3,4)21)12-14-8-10-15(11-9-14)16(22)25-5/h8-11H,6-7,12-13H2,1-5H3. The summed E-state index contributed by atoms with van der Waals surface area (Å²) < 4.78 is 20.3. The van der Waals surface area contributed by atoms with Crippen molar-refractivity contribution in [1.29, 1.82) is 0 Å². The van der Waals surface area contributed by atoms with E-state index >= 15 is 0 Å². The molecule has 0 bridgehead atoms. The van der Waals surface area contributed by atoms with Crippen molar-refractivity contribution in [3.8, 4) is 0 Å². The van der Waals surface area contributed by atoms with Gasteiger partial charge in [-0.1, -0.05) is 12.1 Å². The minimum absolute atomic E-state index is 0.0127. The molecule has 0 N–H and O–H groups in total. The zero-order chi connectivity index (χ0) is 21.4. The zero-order valence-corrected chi connectivity index (χ0v) is 19.0. The summed E-state index contributed by atoms with van der Waals surface area (Å²) in [6.45, 7) is 7.02. The normalized spacial score (nSPS) is 11.6. The van der Waals surface area contributed by atoms with Gasteiger partial charge in [-0.3, -0.25) is 9.59 Å². The molecule has 0 atom stereocenters. The maximum Gasteiger partial charge on any atom is 0.337 e. The minimum atomic E-state index is -1.65. The Bertz CT molecular complexity index is 659. The minimum Gasteiger partial charge on any atom is -0.465 e. The molecule has 0 spiro atoms. The number of rotatable bonds is 10. The van der Waals surface area contributed by atoms with Gasteiger partial charge in [0.2, 0.25) is 0 Å². The monoisotopic (exact) mass is 506 g/mol. The van der Waals surface area contributed by atoms with Gasteiger partial charge < -0.3 is 18.9 Å². The number of carbonyl (C=O) groups excluding carboxylic acids is 3. The van der Waals surface area contributed by atoms with E-state index in [1.54, 1.807) is 38.1 Å². The van der Waals surface area contributed by atoms with Crippen LogP contribution in [-0.2, 0) is 35.0 Å². The molecule has 8 heteroatoms. The van der Waals surface area contributed by atoms with E-state index in [1.807, 2.05) is 13.8 Å². The molecule has 7 nitrogen and oxygen atoms in total. The first-order chi connectivity index (χ1) is 13.1. The highest BCUT2D eigenvalue weighted by Gasteiger charge is 2.50. The fourth-order valence-electron chi connectivity index (χ4n) is 2.45. The highest BCUT2D eigenvalue weighted by Crippen LogP contribution is 2.31. The Morgan fingerprint density at radius 1 is 0.964 bits per heavy atom. The highest BCUT2D eigenvalue weighted by atomic mass is 127. The second-order valence-electron chi connectivity index (χ2n) is 6.54. The van der Waals surface area contributed by atoms with E-state index in [0.29, 0.717) is 11.1 Å². The van der Waals surface area contributed by atoms with Crippen LogP contribution in [0.1, 0.15) is 43.6 Å².